The summed E-state index contributed by atoms with van der Waals surface area (Å²) in [5.41, 5.74) is 3.97. The van der Waals surface area contributed by atoms with Gasteiger partial charge < -0.3 is 5.73 Å². The predicted molar refractivity (Wildman–Crippen MR) is 45.2 cm³/mol. The Kier molecular flexibility index (Phi) is 2.32. The van der Waals surface area contributed by atoms with Crippen LogP contribution in [-0.2, 0) is 0 Å². The van der Waals surface area contributed by atoms with E-state index in [4.69, 9.17) is 13.6 Å². The van der Waals surface area contributed by atoms with Gasteiger partial charge >= 0.3 is 6.18 Å². The third-order valence-corrected chi connectivity index (χ3v) is 1.74. The molecule has 0 spiro atoms. The normalized spacial score (nSPS) is 29.6. The molecule has 1 aliphatic carbocycles. The summed E-state index contributed by atoms with van der Waals surface area (Å²) in [6, 6.07) is 0. The fraction of sp³-hybridized carbons (Fsp3) is 0.500. The minimum absolute atomic E-state index is 0.167. The molecular formula is C8H9BF3N. The second-order valence-electron chi connectivity index (χ2n) is 3.50. The van der Waals surface area contributed by atoms with E-state index in [1.807, 2.05) is 0 Å². The zero-order chi connectivity index (χ0) is 10.3. The summed E-state index contributed by atoms with van der Waals surface area (Å²) >= 11 is 0. The first-order valence-electron chi connectivity index (χ1n) is 3.76. The highest BCUT2D eigenvalue weighted by atomic mass is 19.4. The first kappa shape index (κ1) is 10.4. The van der Waals surface area contributed by atoms with Crippen molar-refractivity contribution in [1.29, 1.82) is 0 Å². The van der Waals surface area contributed by atoms with Crippen molar-refractivity contribution in [2.75, 3.05) is 0 Å². The van der Waals surface area contributed by atoms with Crippen LogP contribution in [0.25, 0.3) is 0 Å². The Balaban J connectivity index is 3.04. The van der Waals surface area contributed by atoms with Gasteiger partial charge in [0.25, 0.3) is 0 Å². The quantitative estimate of drug-likeness (QED) is 0.573. The first-order valence-corrected chi connectivity index (χ1v) is 3.76. The van der Waals surface area contributed by atoms with E-state index in [9.17, 15) is 13.2 Å². The van der Waals surface area contributed by atoms with Crippen molar-refractivity contribution in [3.8, 4) is 0 Å². The largest absolute Gasteiger partial charge is 0.416 e. The van der Waals surface area contributed by atoms with Gasteiger partial charge in [0, 0.05) is 5.54 Å². The number of allylic oxidation sites excluding steroid dienone is 2. The van der Waals surface area contributed by atoms with E-state index in [2.05, 4.69) is 0 Å². The van der Waals surface area contributed by atoms with E-state index in [0.29, 0.717) is 0 Å². The number of hydrogen-bond acceptors (Lipinski definition) is 1. The van der Waals surface area contributed by atoms with Crippen LogP contribution in [0.4, 0.5) is 13.2 Å². The molecule has 0 saturated carbocycles. The summed E-state index contributed by atoms with van der Waals surface area (Å²) in [4.78, 5) is 0. The molecular weight excluding hydrogens is 178 g/mol. The van der Waals surface area contributed by atoms with E-state index < -0.39 is 17.3 Å². The van der Waals surface area contributed by atoms with E-state index in [0.717, 1.165) is 12.2 Å². The maximum Gasteiger partial charge on any atom is 0.416 e. The Morgan fingerprint density at radius 2 is 2.08 bits per heavy atom. The third kappa shape index (κ3) is 2.62. The monoisotopic (exact) mass is 187 g/mol. The summed E-state index contributed by atoms with van der Waals surface area (Å²) in [6.45, 7) is 1.51. The van der Waals surface area contributed by atoms with Crippen molar-refractivity contribution in [3.05, 3.63) is 23.2 Å². The number of nitrogens with two attached hydrogens (primary N) is 1. The molecule has 0 heterocycles. The van der Waals surface area contributed by atoms with E-state index in [-0.39, 0.29) is 11.9 Å². The number of hydrogen-bond donors (Lipinski definition) is 1. The lowest BCUT2D eigenvalue weighted by atomic mass is 9.77. The highest BCUT2D eigenvalue weighted by Crippen LogP contribution is 2.33. The summed E-state index contributed by atoms with van der Waals surface area (Å²) in [5.74, 6) is 0. The summed E-state index contributed by atoms with van der Waals surface area (Å²) in [6.07, 6.45) is -2.18. The van der Waals surface area contributed by atoms with Gasteiger partial charge in [-0.05, 0) is 13.3 Å². The van der Waals surface area contributed by atoms with Crippen molar-refractivity contribution < 1.29 is 13.2 Å². The minimum atomic E-state index is -4.37. The molecule has 2 radical (unpaired) electrons. The Bertz CT molecular complexity index is 276. The van der Waals surface area contributed by atoms with E-state index >= 15 is 0 Å². The molecule has 2 N–H and O–H groups in total. The summed E-state index contributed by atoms with van der Waals surface area (Å²) in [5, 5.41) is 0. The van der Waals surface area contributed by atoms with Gasteiger partial charge in [0.2, 0.25) is 0 Å². The van der Waals surface area contributed by atoms with Gasteiger partial charge in [-0.1, -0.05) is 12.2 Å². The first-order chi connectivity index (χ1) is 5.71. The third-order valence-electron chi connectivity index (χ3n) is 1.74. The van der Waals surface area contributed by atoms with Crippen LogP contribution in [0.1, 0.15) is 13.3 Å². The fourth-order valence-electron chi connectivity index (χ4n) is 1.30. The molecule has 0 aliphatic heterocycles. The van der Waals surface area contributed by atoms with Gasteiger partial charge in [-0.25, -0.2) is 0 Å². The molecule has 1 rings (SSSR count). The predicted octanol–water partition coefficient (Wildman–Crippen LogP) is 1.65. The Morgan fingerprint density at radius 1 is 1.54 bits per heavy atom. The lowest BCUT2D eigenvalue weighted by Crippen LogP contribution is -2.37. The van der Waals surface area contributed by atoms with Crippen LogP contribution < -0.4 is 5.73 Å². The van der Waals surface area contributed by atoms with Crippen LogP contribution in [0.2, 0.25) is 0 Å². The molecule has 70 valence electrons. The van der Waals surface area contributed by atoms with Crippen molar-refractivity contribution in [2.24, 2.45) is 5.73 Å². The average molecular weight is 187 g/mol. The zero-order valence-electron chi connectivity index (χ0n) is 7.15. The Morgan fingerprint density at radius 3 is 2.46 bits per heavy atom. The molecule has 0 bridgehead atoms. The molecule has 0 amide bonds. The van der Waals surface area contributed by atoms with Crippen LogP contribution in [0.15, 0.2) is 23.2 Å². The molecule has 1 atom stereocenters. The maximum absolute atomic E-state index is 12.2. The standard InChI is InChI=1S/C8H9BF3N/c1-7(13)3-5(8(10,11)12)2-6(9)4-7/h2-3H,4,13H2,1H3. The van der Waals surface area contributed by atoms with E-state index in [1.54, 1.807) is 0 Å². The lowest BCUT2D eigenvalue weighted by Gasteiger charge is -2.27. The Labute approximate surface area is 75.9 Å². The number of alkyl halides is 3. The van der Waals surface area contributed by atoms with E-state index in [1.165, 1.54) is 6.92 Å². The fourth-order valence-corrected chi connectivity index (χ4v) is 1.30. The van der Waals surface area contributed by atoms with Crippen molar-refractivity contribution in [1.82, 2.24) is 0 Å². The van der Waals surface area contributed by atoms with Gasteiger partial charge in [-0.15, -0.1) is 5.47 Å². The molecule has 1 unspecified atom stereocenters. The van der Waals surface area contributed by atoms with Crippen LogP contribution >= 0.6 is 0 Å². The highest BCUT2D eigenvalue weighted by molar-refractivity contribution is 6.22. The zero-order valence-corrected chi connectivity index (χ0v) is 7.15. The van der Waals surface area contributed by atoms with Gasteiger partial charge in [0.1, 0.15) is 7.85 Å². The van der Waals surface area contributed by atoms with Gasteiger partial charge in [-0.3, -0.25) is 0 Å². The second-order valence-corrected chi connectivity index (χ2v) is 3.50. The van der Waals surface area contributed by atoms with Crippen LogP contribution in [0.5, 0.6) is 0 Å². The number of rotatable bonds is 0. The molecule has 5 heteroatoms. The van der Waals surface area contributed by atoms with Gasteiger partial charge in [-0.2, -0.15) is 13.2 Å². The molecule has 0 aromatic heterocycles. The maximum atomic E-state index is 12.2. The second kappa shape index (κ2) is 2.91. The highest BCUT2D eigenvalue weighted by Gasteiger charge is 2.36. The van der Waals surface area contributed by atoms with Crippen molar-refractivity contribution in [3.63, 3.8) is 0 Å². The SMILES string of the molecule is [B]C1=CC(C(F)(F)F)=CC(C)(N)C1. The summed E-state index contributed by atoms with van der Waals surface area (Å²) in [7, 11) is 5.34. The molecule has 0 aromatic rings. The van der Waals surface area contributed by atoms with Crippen molar-refractivity contribution in [2.45, 2.75) is 25.1 Å². The lowest BCUT2D eigenvalue weighted by molar-refractivity contribution is -0.0890. The summed E-state index contributed by atoms with van der Waals surface area (Å²) < 4.78 is 36.7. The molecule has 0 fully saturated rings. The molecule has 13 heavy (non-hydrogen) atoms. The minimum Gasteiger partial charge on any atom is -0.322 e. The smallest absolute Gasteiger partial charge is 0.322 e. The Hall–Kier alpha value is -0.705. The topological polar surface area (TPSA) is 26.0 Å². The molecule has 0 saturated heterocycles. The van der Waals surface area contributed by atoms with Crippen LogP contribution in [0.3, 0.4) is 0 Å². The van der Waals surface area contributed by atoms with Crippen LogP contribution in [0, 0.1) is 0 Å². The number of halogens is 3. The molecule has 0 aromatic carbocycles. The van der Waals surface area contributed by atoms with Gasteiger partial charge in [0.05, 0.1) is 5.57 Å². The molecule has 1 nitrogen and oxygen atoms in total. The van der Waals surface area contributed by atoms with Crippen molar-refractivity contribution >= 4 is 7.85 Å². The van der Waals surface area contributed by atoms with Gasteiger partial charge in [0.15, 0.2) is 0 Å². The average Bonchev–Trinajstić information content (AvgIpc) is 1.79. The van der Waals surface area contributed by atoms with Crippen LogP contribution in [-0.4, -0.2) is 19.6 Å². The molecule has 1 aliphatic rings.